The van der Waals surface area contributed by atoms with Crippen LogP contribution in [0.25, 0.3) is 0 Å². The zero-order valence-electron chi connectivity index (χ0n) is 21.6. The summed E-state index contributed by atoms with van der Waals surface area (Å²) in [5.74, 6) is -3.05. The van der Waals surface area contributed by atoms with Gasteiger partial charge >= 0.3 is 10.8 Å². The van der Waals surface area contributed by atoms with Crippen LogP contribution in [-0.2, 0) is 19.8 Å². The molecule has 196 valence electrons. The Morgan fingerprint density at radius 2 is 1.68 bits per heavy atom. The van der Waals surface area contributed by atoms with E-state index in [9.17, 15) is 24.3 Å². The van der Waals surface area contributed by atoms with E-state index in [2.05, 4.69) is 50.0 Å². The summed E-state index contributed by atoms with van der Waals surface area (Å²) in [6, 6.07) is 7.48. The average molecular weight is 541 g/mol. The molecular formula is C28H32N2O5S2. The predicted molar refractivity (Wildman–Crippen MR) is 142 cm³/mol. The van der Waals surface area contributed by atoms with Crippen LogP contribution in [0.1, 0.15) is 63.0 Å². The Kier molecular flexibility index (Phi) is 5.59. The number of amides is 2. The SMILES string of the molecule is CC(C)[C@@H](C(=O)O)N1C(=O)[C@@H]2[C@@H]3C[C@H]([C@H]4Sc5[nH]c(=O)sc5[C@@H](c5ccc(C(C)(C)C)cc5)[C@H]34)[C@@H]2C1=O. The summed E-state index contributed by atoms with van der Waals surface area (Å²) in [6.07, 6.45) is 0.790. The first-order valence-electron chi connectivity index (χ1n) is 13.0. The smallest absolute Gasteiger partial charge is 0.327 e. The number of thiazole rings is 1. The summed E-state index contributed by atoms with van der Waals surface area (Å²) in [4.78, 5) is 56.9. The first-order chi connectivity index (χ1) is 17.4. The number of nitrogens with one attached hydrogen (secondary N) is 1. The molecule has 9 heteroatoms. The Hall–Kier alpha value is -2.39. The van der Waals surface area contributed by atoms with Crippen LogP contribution in [0, 0.1) is 35.5 Å². The van der Waals surface area contributed by atoms with E-state index in [0.717, 1.165) is 26.8 Å². The Morgan fingerprint density at radius 3 is 2.24 bits per heavy atom. The lowest BCUT2D eigenvalue weighted by Crippen LogP contribution is -2.49. The van der Waals surface area contributed by atoms with Crippen molar-refractivity contribution in [2.24, 2.45) is 35.5 Å². The van der Waals surface area contributed by atoms with Gasteiger partial charge in [-0.15, -0.1) is 11.8 Å². The van der Waals surface area contributed by atoms with Crippen LogP contribution < -0.4 is 4.87 Å². The Labute approximate surface area is 224 Å². The molecular weight excluding hydrogens is 508 g/mol. The number of rotatable bonds is 4. The third-order valence-corrected chi connectivity index (χ3v) is 11.6. The summed E-state index contributed by atoms with van der Waals surface area (Å²) < 4.78 is 0. The van der Waals surface area contributed by atoms with Crippen LogP contribution in [0.5, 0.6) is 0 Å². The monoisotopic (exact) mass is 540 g/mol. The molecule has 1 aromatic carbocycles. The van der Waals surface area contributed by atoms with E-state index in [4.69, 9.17) is 0 Å². The summed E-state index contributed by atoms with van der Waals surface area (Å²) in [6.45, 7) is 10.0. The van der Waals surface area contributed by atoms with E-state index in [1.807, 2.05) is 0 Å². The molecule has 1 saturated heterocycles. The normalized spacial score (nSPS) is 33.0. The van der Waals surface area contributed by atoms with Gasteiger partial charge in [-0.2, -0.15) is 0 Å². The van der Waals surface area contributed by atoms with Crippen molar-refractivity contribution in [1.29, 1.82) is 0 Å². The molecule has 3 heterocycles. The van der Waals surface area contributed by atoms with Crippen molar-refractivity contribution >= 4 is 40.9 Å². The number of benzene rings is 1. The molecule has 3 fully saturated rings. The molecule has 37 heavy (non-hydrogen) atoms. The molecule has 2 aliphatic carbocycles. The molecule has 1 aromatic heterocycles. The number of carboxylic acid groups (broad SMARTS) is 1. The fraction of sp³-hybridized carbons (Fsp3) is 0.571. The van der Waals surface area contributed by atoms with Crippen molar-refractivity contribution in [3.63, 3.8) is 0 Å². The fourth-order valence-electron chi connectivity index (χ4n) is 7.57. The Balaban J connectivity index is 1.42. The largest absolute Gasteiger partial charge is 0.480 e. The maximum absolute atomic E-state index is 13.7. The number of fused-ring (bicyclic) bond motifs is 9. The molecule has 0 unspecified atom stereocenters. The maximum Gasteiger partial charge on any atom is 0.327 e. The maximum atomic E-state index is 13.7. The Morgan fingerprint density at radius 1 is 1.05 bits per heavy atom. The van der Waals surface area contributed by atoms with Gasteiger partial charge in [-0.05, 0) is 46.6 Å². The van der Waals surface area contributed by atoms with Crippen molar-refractivity contribution in [3.8, 4) is 0 Å². The fourth-order valence-corrected chi connectivity index (χ4v) is 10.5. The molecule has 0 radical (unpaired) electrons. The van der Waals surface area contributed by atoms with E-state index < -0.39 is 23.8 Å². The van der Waals surface area contributed by atoms with Gasteiger partial charge in [-0.1, -0.05) is 70.2 Å². The molecule has 2 saturated carbocycles. The van der Waals surface area contributed by atoms with Crippen molar-refractivity contribution < 1.29 is 19.5 Å². The molecule has 2 N–H and O–H groups in total. The Bertz CT molecular complexity index is 1350. The summed E-state index contributed by atoms with van der Waals surface area (Å²) in [5, 5.41) is 10.8. The molecule has 4 aliphatic rings. The quantitative estimate of drug-likeness (QED) is 0.560. The second kappa shape index (κ2) is 8.30. The highest BCUT2D eigenvalue weighted by molar-refractivity contribution is 8.00. The lowest BCUT2D eigenvalue weighted by molar-refractivity contribution is -0.157. The number of nitrogens with zero attached hydrogens (tertiary/aromatic N) is 1. The second-order valence-corrected chi connectivity index (χ2v) is 14.6. The second-order valence-electron chi connectivity index (χ2n) is 12.4. The van der Waals surface area contributed by atoms with Gasteiger partial charge in [-0.25, -0.2) is 4.79 Å². The van der Waals surface area contributed by atoms with Crippen LogP contribution in [0.4, 0.5) is 0 Å². The van der Waals surface area contributed by atoms with E-state index in [-0.39, 0.29) is 56.9 Å². The minimum absolute atomic E-state index is 0.0130. The van der Waals surface area contributed by atoms with Gasteiger partial charge in [0, 0.05) is 16.0 Å². The zero-order valence-corrected chi connectivity index (χ0v) is 23.2. The van der Waals surface area contributed by atoms with E-state index >= 15 is 0 Å². The number of hydrogen-bond acceptors (Lipinski definition) is 6. The van der Waals surface area contributed by atoms with Gasteiger partial charge < -0.3 is 10.1 Å². The first kappa shape index (κ1) is 24.9. The number of carbonyl (C=O) groups is 3. The molecule has 2 amide bonds. The predicted octanol–water partition coefficient (Wildman–Crippen LogP) is 4.32. The third-order valence-electron chi connectivity index (χ3n) is 9.06. The van der Waals surface area contributed by atoms with Crippen LogP contribution in [0.3, 0.4) is 0 Å². The first-order valence-corrected chi connectivity index (χ1v) is 14.7. The number of likely N-dealkylation sites (tertiary alicyclic amines) is 1. The molecule has 2 aromatic rings. The molecule has 8 atom stereocenters. The van der Waals surface area contributed by atoms with Gasteiger partial charge in [0.15, 0.2) is 0 Å². The lowest BCUT2D eigenvalue weighted by Gasteiger charge is -2.43. The number of aromatic nitrogens is 1. The zero-order chi connectivity index (χ0) is 26.5. The lowest BCUT2D eigenvalue weighted by atomic mass is 9.68. The molecule has 2 bridgehead atoms. The highest BCUT2D eigenvalue weighted by Crippen LogP contribution is 2.68. The van der Waals surface area contributed by atoms with E-state index in [1.54, 1.807) is 25.6 Å². The van der Waals surface area contributed by atoms with Crippen LogP contribution in [-0.4, -0.2) is 44.1 Å². The third kappa shape index (κ3) is 3.52. The number of aliphatic carboxylic acids is 1. The van der Waals surface area contributed by atoms with Gasteiger partial charge in [-0.3, -0.25) is 19.3 Å². The topological polar surface area (TPSA) is 108 Å². The van der Waals surface area contributed by atoms with Gasteiger partial charge in [0.05, 0.1) is 16.9 Å². The average Bonchev–Trinajstić information content (AvgIpc) is 3.53. The van der Waals surface area contributed by atoms with Gasteiger partial charge in [0.2, 0.25) is 11.8 Å². The van der Waals surface area contributed by atoms with Gasteiger partial charge in [0.25, 0.3) is 0 Å². The van der Waals surface area contributed by atoms with E-state index in [1.165, 1.54) is 16.9 Å². The summed E-state index contributed by atoms with van der Waals surface area (Å²) in [5.41, 5.74) is 2.38. The number of imide groups is 1. The number of carboxylic acids is 1. The van der Waals surface area contributed by atoms with Crippen molar-refractivity contribution in [2.75, 3.05) is 0 Å². The van der Waals surface area contributed by atoms with Crippen LogP contribution in [0.15, 0.2) is 34.1 Å². The number of carbonyl (C=O) groups excluding carboxylic acids is 2. The molecule has 6 rings (SSSR count). The number of aromatic amines is 1. The molecule has 7 nitrogen and oxygen atoms in total. The van der Waals surface area contributed by atoms with E-state index in [0.29, 0.717) is 0 Å². The standard InChI is InChI=1S/C28H32N2O5S2/c1-11(2)20(26(33)34)30-24(31)18-14-10-15(19(18)25(30)32)21-17(14)16(22-23(36-21)29-27(35)37-22)12-6-8-13(9-7-12)28(3,4)5/h6-9,11,14-21H,10H2,1-5H3,(H,29,35)(H,33,34)/t14-,15+,16+,17+,18-,19+,20+,21-/m1/s1. The van der Waals surface area contributed by atoms with Crippen LogP contribution in [0.2, 0.25) is 0 Å². The number of H-pyrrole nitrogens is 1. The van der Waals surface area contributed by atoms with Gasteiger partial charge in [0.1, 0.15) is 6.04 Å². The van der Waals surface area contributed by atoms with Crippen LogP contribution >= 0.6 is 23.1 Å². The minimum Gasteiger partial charge on any atom is -0.480 e. The van der Waals surface area contributed by atoms with Crippen molar-refractivity contribution in [2.45, 2.75) is 68.7 Å². The minimum atomic E-state index is -1.14. The highest BCUT2D eigenvalue weighted by atomic mass is 32.2. The number of thioether (sulfide) groups is 1. The molecule has 0 spiro atoms. The van der Waals surface area contributed by atoms with Crippen molar-refractivity contribution in [1.82, 2.24) is 9.88 Å². The summed E-state index contributed by atoms with van der Waals surface area (Å²) in [7, 11) is 0. The number of hydrogen-bond donors (Lipinski definition) is 2. The summed E-state index contributed by atoms with van der Waals surface area (Å²) >= 11 is 2.90. The highest BCUT2D eigenvalue weighted by Gasteiger charge is 2.70. The molecule has 2 aliphatic heterocycles. The van der Waals surface area contributed by atoms with Crippen molar-refractivity contribution in [3.05, 3.63) is 49.9 Å².